The Labute approximate surface area is 76.4 Å². The van der Waals surface area contributed by atoms with Crippen molar-refractivity contribution in [1.82, 2.24) is 0 Å². The Bertz CT molecular complexity index is 350. The Hall–Kier alpha value is -1.32. The van der Waals surface area contributed by atoms with Crippen molar-refractivity contribution in [2.45, 2.75) is 26.2 Å². The summed E-state index contributed by atoms with van der Waals surface area (Å²) in [6, 6.07) is 0. The van der Waals surface area contributed by atoms with Crippen molar-refractivity contribution in [3.05, 3.63) is 20.4 Å². The molecule has 0 heterocycles. The summed E-state index contributed by atoms with van der Waals surface area (Å²) >= 11 is 0. The van der Waals surface area contributed by atoms with Gasteiger partial charge in [-0.15, -0.1) is 0 Å². The number of nitrogens with two attached hydrogens (primary N) is 1. The number of unbranched alkanes of at least 4 members (excludes halogenated alkanes) is 2. The molecule has 13 heavy (non-hydrogen) atoms. The molecule has 1 aromatic rings. The molecule has 0 radical (unpaired) electrons. The van der Waals surface area contributed by atoms with Crippen LogP contribution in [-0.4, -0.2) is 6.54 Å². The van der Waals surface area contributed by atoms with Crippen LogP contribution in [0.15, 0.2) is 9.59 Å². The number of hydrogen-bond donors (Lipinski definition) is 2. The van der Waals surface area contributed by atoms with Crippen LogP contribution in [0, 0.1) is 0 Å². The minimum absolute atomic E-state index is 0.0847. The zero-order chi connectivity index (χ0) is 9.84. The van der Waals surface area contributed by atoms with Gasteiger partial charge in [0.25, 0.3) is 10.9 Å². The molecule has 0 saturated carbocycles. The van der Waals surface area contributed by atoms with Gasteiger partial charge in [-0.1, -0.05) is 19.8 Å². The summed E-state index contributed by atoms with van der Waals surface area (Å²) in [5.41, 5.74) is 4.67. The fraction of sp³-hybridized carbons (Fsp3) is 0.556. The zero-order valence-electron chi connectivity index (χ0n) is 7.72. The highest BCUT2D eigenvalue weighted by Crippen LogP contribution is 2.08. The Kier molecular flexibility index (Phi) is 3.06. The molecule has 0 aromatic heterocycles. The molecule has 0 saturated heterocycles. The first-order valence-corrected chi connectivity index (χ1v) is 4.51. The fourth-order valence-electron chi connectivity index (χ4n) is 1.17. The van der Waals surface area contributed by atoms with Gasteiger partial charge in [-0.05, 0) is 6.42 Å². The number of nitrogens with one attached hydrogen (secondary N) is 1. The van der Waals surface area contributed by atoms with Gasteiger partial charge < -0.3 is 11.1 Å². The molecule has 0 atom stereocenters. The number of hydrogen-bond acceptors (Lipinski definition) is 4. The van der Waals surface area contributed by atoms with Crippen LogP contribution in [0.4, 0.5) is 11.4 Å². The van der Waals surface area contributed by atoms with E-state index in [0.717, 1.165) is 19.3 Å². The maximum atomic E-state index is 10.9. The quantitative estimate of drug-likeness (QED) is 0.512. The van der Waals surface area contributed by atoms with Crippen LogP contribution in [0.5, 0.6) is 0 Å². The summed E-state index contributed by atoms with van der Waals surface area (Å²) in [5.74, 6) is 0. The lowest BCUT2D eigenvalue weighted by Gasteiger charge is -2.08. The second kappa shape index (κ2) is 4.07. The Morgan fingerprint density at radius 1 is 1.23 bits per heavy atom. The van der Waals surface area contributed by atoms with E-state index in [4.69, 9.17) is 5.73 Å². The lowest BCUT2D eigenvalue weighted by molar-refractivity contribution is 0.743. The van der Waals surface area contributed by atoms with Crippen molar-refractivity contribution < 1.29 is 0 Å². The molecule has 1 rings (SSSR count). The molecule has 1 aromatic carbocycles. The highest BCUT2D eigenvalue weighted by atomic mass is 16.2. The van der Waals surface area contributed by atoms with Crippen LogP contribution in [-0.2, 0) is 0 Å². The van der Waals surface area contributed by atoms with Crippen molar-refractivity contribution in [2.75, 3.05) is 17.6 Å². The van der Waals surface area contributed by atoms with E-state index < -0.39 is 10.9 Å². The van der Waals surface area contributed by atoms with Crippen molar-refractivity contribution in [3.8, 4) is 0 Å². The van der Waals surface area contributed by atoms with Gasteiger partial charge in [0.05, 0.1) is 0 Å². The molecule has 72 valence electrons. The predicted molar refractivity (Wildman–Crippen MR) is 53.8 cm³/mol. The smallest absolute Gasteiger partial charge is 0.253 e. The maximum Gasteiger partial charge on any atom is 0.253 e. The van der Waals surface area contributed by atoms with Gasteiger partial charge in [0.15, 0.2) is 0 Å². The average Bonchev–Trinajstić information content (AvgIpc) is 2.16. The van der Waals surface area contributed by atoms with E-state index in [2.05, 4.69) is 12.2 Å². The van der Waals surface area contributed by atoms with Crippen LogP contribution in [0.3, 0.4) is 0 Å². The lowest BCUT2D eigenvalue weighted by Crippen LogP contribution is -2.37. The minimum Gasteiger partial charge on any atom is -0.394 e. The van der Waals surface area contributed by atoms with Crippen LogP contribution in [0.1, 0.15) is 26.2 Å². The highest BCUT2D eigenvalue weighted by molar-refractivity contribution is 5.71. The van der Waals surface area contributed by atoms with E-state index in [-0.39, 0.29) is 5.69 Å². The predicted octanol–water partition coefficient (Wildman–Crippen LogP) is 0.467. The van der Waals surface area contributed by atoms with Crippen LogP contribution < -0.4 is 21.9 Å². The van der Waals surface area contributed by atoms with E-state index in [1.54, 1.807) is 0 Å². The summed E-state index contributed by atoms with van der Waals surface area (Å²) in [5, 5.41) is 2.87. The molecule has 4 heteroatoms. The third-order valence-corrected chi connectivity index (χ3v) is 2.03. The van der Waals surface area contributed by atoms with Gasteiger partial charge in [-0.25, -0.2) is 0 Å². The third-order valence-electron chi connectivity index (χ3n) is 2.03. The Morgan fingerprint density at radius 3 is 2.46 bits per heavy atom. The fourth-order valence-corrected chi connectivity index (χ4v) is 1.17. The minimum atomic E-state index is -0.557. The molecule has 4 nitrogen and oxygen atoms in total. The molecule has 0 unspecified atom stereocenters. The second-order valence-corrected chi connectivity index (χ2v) is 3.08. The molecule has 0 aliphatic carbocycles. The van der Waals surface area contributed by atoms with Crippen LogP contribution >= 0.6 is 0 Å². The standard InChI is InChI=1S/C9H14N2O2/c1-2-3-4-5-11-7-6(10)8(12)9(7)13/h11H,2-5,10H2,1H3. The summed E-state index contributed by atoms with van der Waals surface area (Å²) in [6.07, 6.45) is 3.24. The largest absolute Gasteiger partial charge is 0.394 e. The first-order chi connectivity index (χ1) is 6.18. The van der Waals surface area contributed by atoms with Gasteiger partial charge in [-0.2, -0.15) is 0 Å². The topological polar surface area (TPSA) is 72.2 Å². The van der Waals surface area contributed by atoms with Gasteiger partial charge in [0, 0.05) is 6.54 Å². The first kappa shape index (κ1) is 9.77. The summed E-state index contributed by atoms with van der Waals surface area (Å²) < 4.78 is 0. The maximum absolute atomic E-state index is 10.9. The second-order valence-electron chi connectivity index (χ2n) is 3.08. The molecule has 3 N–H and O–H groups in total. The molecule has 0 spiro atoms. The van der Waals surface area contributed by atoms with Gasteiger partial charge in [0.1, 0.15) is 11.4 Å². The molecule has 0 bridgehead atoms. The molecular weight excluding hydrogens is 168 g/mol. The molecule has 0 fully saturated rings. The summed E-state index contributed by atoms with van der Waals surface area (Å²) in [7, 11) is 0. The summed E-state index contributed by atoms with van der Waals surface area (Å²) in [6.45, 7) is 2.81. The number of anilines is 2. The molecule has 0 amide bonds. The van der Waals surface area contributed by atoms with Crippen molar-refractivity contribution >= 4 is 11.4 Å². The Morgan fingerprint density at radius 2 is 1.92 bits per heavy atom. The van der Waals surface area contributed by atoms with Gasteiger partial charge in [-0.3, -0.25) is 9.59 Å². The van der Waals surface area contributed by atoms with E-state index in [1.165, 1.54) is 0 Å². The van der Waals surface area contributed by atoms with Crippen LogP contribution in [0.25, 0.3) is 0 Å². The van der Waals surface area contributed by atoms with E-state index >= 15 is 0 Å². The van der Waals surface area contributed by atoms with E-state index in [0.29, 0.717) is 12.2 Å². The van der Waals surface area contributed by atoms with E-state index in [1.807, 2.05) is 0 Å². The average molecular weight is 182 g/mol. The normalized spacial score (nSPS) is 10.5. The van der Waals surface area contributed by atoms with Crippen LogP contribution in [0.2, 0.25) is 0 Å². The third kappa shape index (κ3) is 1.88. The van der Waals surface area contributed by atoms with Crippen molar-refractivity contribution in [3.63, 3.8) is 0 Å². The first-order valence-electron chi connectivity index (χ1n) is 4.51. The van der Waals surface area contributed by atoms with Crippen molar-refractivity contribution in [2.24, 2.45) is 0 Å². The van der Waals surface area contributed by atoms with E-state index in [9.17, 15) is 9.59 Å². The van der Waals surface area contributed by atoms with Crippen molar-refractivity contribution in [1.29, 1.82) is 0 Å². The Balaban J connectivity index is 2.39. The molecule has 0 aliphatic heterocycles. The molecular formula is C9H14N2O2. The monoisotopic (exact) mass is 182 g/mol. The number of rotatable bonds is 5. The van der Waals surface area contributed by atoms with Gasteiger partial charge in [0.2, 0.25) is 0 Å². The number of nitrogen functional groups attached to an aromatic ring is 1. The zero-order valence-corrected chi connectivity index (χ0v) is 7.72. The molecule has 0 aliphatic rings. The highest BCUT2D eigenvalue weighted by Gasteiger charge is 2.16. The SMILES string of the molecule is CCCCCNc1c(N)c(=O)c1=O. The summed E-state index contributed by atoms with van der Waals surface area (Å²) in [4.78, 5) is 21.6. The lowest BCUT2D eigenvalue weighted by atomic mass is 10.2. The van der Waals surface area contributed by atoms with Gasteiger partial charge >= 0.3 is 0 Å².